The zero-order valence-corrected chi connectivity index (χ0v) is 11.3. The van der Waals surface area contributed by atoms with E-state index in [0.29, 0.717) is 11.0 Å². The van der Waals surface area contributed by atoms with Crippen LogP contribution in [-0.4, -0.2) is 43.4 Å². The van der Waals surface area contributed by atoms with Gasteiger partial charge in [-0.25, -0.2) is 4.98 Å². The highest BCUT2D eigenvalue weighted by Crippen LogP contribution is 2.36. The quantitative estimate of drug-likeness (QED) is 0.635. The molecule has 0 radical (unpaired) electrons. The summed E-state index contributed by atoms with van der Waals surface area (Å²) in [6.45, 7) is -0.403. The minimum Gasteiger partial charge on any atom is -0.481 e. The van der Waals surface area contributed by atoms with E-state index in [-0.39, 0.29) is 12.1 Å². The smallest absolute Gasteiger partial charge is 0.309 e. The third kappa shape index (κ3) is 2.20. The molecule has 0 spiro atoms. The number of nitro groups is 1. The summed E-state index contributed by atoms with van der Waals surface area (Å²) >= 11 is 0. The Morgan fingerprint density at radius 1 is 1.55 bits per heavy atom. The molecule has 2 aromatic rings. The van der Waals surface area contributed by atoms with Crippen LogP contribution in [0.4, 0.5) is 5.69 Å². The number of carboxylic acids is 1. The van der Waals surface area contributed by atoms with Gasteiger partial charge in [0, 0.05) is 24.9 Å². The van der Waals surface area contributed by atoms with Crippen molar-refractivity contribution in [3.8, 4) is 0 Å². The molecule has 0 aromatic carbocycles. The fraction of sp³-hybridized carbons (Fsp3) is 0.385. The predicted molar refractivity (Wildman–Crippen MR) is 73.1 cm³/mol. The van der Waals surface area contributed by atoms with Gasteiger partial charge in [-0.15, -0.1) is 0 Å². The number of aromatic nitrogens is 2. The number of nitrogens with zero attached hydrogens (tertiary/aromatic N) is 3. The highest BCUT2D eigenvalue weighted by Gasteiger charge is 2.40. The lowest BCUT2D eigenvalue weighted by atomic mass is 10.0. The number of carbonyl (C=O) groups is 1. The van der Waals surface area contributed by atoms with Gasteiger partial charge in [-0.1, -0.05) is 0 Å². The zero-order chi connectivity index (χ0) is 15.9. The first-order chi connectivity index (χ1) is 10.5. The first-order valence-electron chi connectivity index (χ1n) is 6.62. The molecule has 1 aliphatic heterocycles. The number of rotatable bonds is 4. The van der Waals surface area contributed by atoms with Crippen molar-refractivity contribution >= 4 is 22.7 Å². The molecule has 2 aromatic heterocycles. The number of aliphatic carboxylic acids is 1. The SMILES string of the molecule is O=C(O)[C@H]1C[C@H](n2ccc3c([N+](=O)[O-])ccnc32)O[C@@H]1CO. The second-order valence-electron chi connectivity index (χ2n) is 5.04. The predicted octanol–water partition coefficient (Wildman–Crippen LogP) is 0.925. The first-order valence-corrected chi connectivity index (χ1v) is 6.62. The van der Waals surface area contributed by atoms with Gasteiger partial charge in [0.2, 0.25) is 0 Å². The average Bonchev–Trinajstić information content (AvgIpc) is 3.09. The van der Waals surface area contributed by atoms with Gasteiger partial charge in [0.1, 0.15) is 11.9 Å². The van der Waals surface area contributed by atoms with E-state index in [0.717, 1.165) is 0 Å². The maximum Gasteiger partial charge on any atom is 0.309 e. The monoisotopic (exact) mass is 307 g/mol. The number of fused-ring (bicyclic) bond motifs is 1. The van der Waals surface area contributed by atoms with Crippen LogP contribution in [0, 0.1) is 16.0 Å². The summed E-state index contributed by atoms with van der Waals surface area (Å²) in [6, 6.07) is 2.85. The molecular formula is C13H13N3O6. The number of aliphatic hydroxyl groups is 1. The van der Waals surface area contributed by atoms with Gasteiger partial charge in [-0.3, -0.25) is 14.9 Å². The normalized spacial score (nSPS) is 24.7. The Morgan fingerprint density at radius 3 is 2.91 bits per heavy atom. The number of aliphatic hydroxyl groups excluding tert-OH is 1. The van der Waals surface area contributed by atoms with Crippen LogP contribution in [0.25, 0.3) is 11.0 Å². The van der Waals surface area contributed by atoms with Crippen LogP contribution in [0.3, 0.4) is 0 Å². The summed E-state index contributed by atoms with van der Waals surface area (Å²) in [5.74, 6) is -1.87. The van der Waals surface area contributed by atoms with Crippen LogP contribution in [0.5, 0.6) is 0 Å². The number of hydrogen-bond acceptors (Lipinski definition) is 6. The molecule has 3 heterocycles. The van der Waals surface area contributed by atoms with Crippen molar-refractivity contribution in [2.45, 2.75) is 18.8 Å². The molecule has 0 aliphatic carbocycles. The van der Waals surface area contributed by atoms with Crippen molar-refractivity contribution in [3.63, 3.8) is 0 Å². The third-order valence-electron chi connectivity index (χ3n) is 3.83. The Hall–Kier alpha value is -2.52. The van der Waals surface area contributed by atoms with Crippen molar-refractivity contribution in [1.29, 1.82) is 0 Å². The minimum atomic E-state index is -1.04. The summed E-state index contributed by atoms with van der Waals surface area (Å²) in [5.41, 5.74) is 0.275. The topological polar surface area (TPSA) is 128 Å². The summed E-state index contributed by atoms with van der Waals surface area (Å²) in [5, 5.41) is 29.8. The maximum absolute atomic E-state index is 11.2. The Labute approximate surface area is 123 Å². The Morgan fingerprint density at radius 2 is 2.32 bits per heavy atom. The molecule has 1 fully saturated rings. The lowest BCUT2D eigenvalue weighted by Gasteiger charge is -2.14. The fourth-order valence-corrected chi connectivity index (χ4v) is 2.77. The van der Waals surface area contributed by atoms with Crippen LogP contribution in [0.15, 0.2) is 24.5 Å². The van der Waals surface area contributed by atoms with Crippen molar-refractivity contribution in [2.24, 2.45) is 5.92 Å². The highest BCUT2D eigenvalue weighted by atomic mass is 16.6. The average molecular weight is 307 g/mol. The van der Waals surface area contributed by atoms with Gasteiger partial charge < -0.3 is 19.5 Å². The van der Waals surface area contributed by atoms with Crippen molar-refractivity contribution in [2.75, 3.05) is 6.61 Å². The second kappa shape index (κ2) is 5.35. The largest absolute Gasteiger partial charge is 0.481 e. The molecule has 1 saturated heterocycles. The molecule has 116 valence electrons. The minimum absolute atomic E-state index is 0.0739. The molecule has 9 nitrogen and oxygen atoms in total. The van der Waals surface area contributed by atoms with Crippen molar-refractivity contribution < 1.29 is 24.7 Å². The van der Waals surface area contributed by atoms with Gasteiger partial charge in [0.15, 0.2) is 0 Å². The van der Waals surface area contributed by atoms with E-state index in [1.54, 1.807) is 16.8 Å². The molecule has 1 aliphatic rings. The second-order valence-corrected chi connectivity index (χ2v) is 5.04. The standard InChI is InChI=1S/C13H13N3O6/c17-6-10-8(13(18)19)5-11(22-10)15-4-2-7-9(16(20)21)1-3-14-12(7)15/h1-4,8,10-11,17H,5-6H2,(H,18,19)/t8-,10+,11+/m0/s1. The fourth-order valence-electron chi connectivity index (χ4n) is 2.77. The Bertz CT molecular complexity index is 742. The van der Waals surface area contributed by atoms with E-state index in [9.17, 15) is 20.0 Å². The van der Waals surface area contributed by atoms with E-state index in [1.165, 1.54) is 12.3 Å². The van der Waals surface area contributed by atoms with Gasteiger partial charge in [-0.05, 0) is 6.07 Å². The number of ether oxygens (including phenoxy) is 1. The van der Waals surface area contributed by atoms with E-state index >= 15 is 0 Å². The van der Waals surface area contributed by atoms with Crippen LogP contribution < -0.4 is 0 Å². The van der Waals surface area contributed by atoms with E-state index in [4.69, 9.17) is 9.84 Å². The summed E-state index contributed by atoms with van der Waals surface area (Å²) < 4.78 is 7.12. The van der Waals surface area contributed by atoms with E-state index in [1.807, 2.05) is 0 Å². The summed E-state index contributed by atoms with van der Waals surface area (Å²) in [4.78, 5) is 25.8. The number of hydrogen-bond donors (Lipinski definition) is 2. The first kappa shape index (κ1) is 14.4. The molecule has 0 saturated carbocycles. The number of carboxylic acid groups (broad SMARTS) is 1. The summed E-state index contributed by atoms with van der Waals surface area (Å²) in [6.07, 6.45) is 1.62. The molecule has 3 atom stereocenters. The van der Waals surface area contributed by atoms with Crippen molar-refractivity contribution in [3.05, 3.63) is 34.6 Å². The van der Waals surface area contributed by atoms with Gasteiger partial charge >= 0.3 is 5.97 Å². The van der Waals surface area contributed by atoms with Crippen LogP contribution in [0.1, 0.15) is 12.6 Å². The molecule has 0 bridgehead atoms. The Balaban J connectivity index is 2.00. The maximum atomic E-state index is 11.2. The molecular weight excluding hydrogens is 294 g/mol. The van der Waals surface area contributed by atoms with E-state index in [2.05, 4.69) is 4.98 Å². The zero-order valence-electron chi connectivity index (χ0n) is 11.3. The van der Waals surface area contributed by atoms with Crippen molar-refractivity contribution in [1.82, 2.24) is 9.55 Å². The third-order valence-corrected chi connectivity index (χ3v) is 3.83. The van der Waals surface area contributed by atoms with Gasteiger partial charge in [0.05, 0.1) is 28.9 Å². The van der Waals surface area contributed by atoms with Gasteiger partial charge in [0.25, 0.3) is 5.69 Å². The molecule has 2 N–H and O–H groups in total. The highest BCUT2D eigenvalue weighted by molar-refractivity contribution is 5.86. The molecule has 22 heavy (non-hydrogen) atoms. The lowest BCUT2D eigenvalue weighted by molar-refractivity contribution is -0.383. The number of pyridine rings is 1. The van der Waals surface area contributed by atoms with Crippen LogP contribution in [-0.2, 0) is 9.53 Å². The van der Waals surface area contributed by atoms with Crippen LogP contribution >= 0.6 is 0 Å². The molecule has 0 unspecified atom stereocenters. The van der Waals surface area contributed by atoms with Crippen LogP contribution in [0.2, 0.25) is 0 Å². The molecule has 3 rings (SSSR count). The molecule has 0 amide bonds. The molecule has 9 heteroatoms. The lowest BCUT2D eigenvalue weighted by Crippen LogP contribution is -2.26. The van der Waals surface area contributed by atoms with E-state index < -0.39 is 35.7 Å². The Kier molecular flexibility index (Phi) is 3.51. The summed E-state index contributed by atoms with van der Waals surface area (Å²) in [7, 11) is 0. The van der Waals surface area contributed by atoms with Gasteiger partial charge in [-0.2, -0.15) is 0 Å².